The number of halogens is 1. The number of benzene rings is 1. The normalized spacial score (nSPS) is 23.9. The second-order valence-electron chi connectivity index (χ2n) is 4.55. The van der Waals surface area contributed by atoms with E-state index in [1.165, 1.54) is 12.1 Å². The molecule has 0 aromatic heterocycles. The van der Waals surface area contributed by atoms with Crippen molar-refractivity contribution in [3.63, 3.8) is 0 Å². The smallest absolute Gasteiger partial charge is 0.303 e. The molecular formula is C13H15FO2. The van der Waals surface area contributed by atoms with Crippen molar-refractivity contribution in [2.45, 2.75) is 38.0 Å². The molecule has 0 saturated carbocycles. The molecule has 0 saturated heterocycles. The van der Waals surface area contributed by atoms with Crippen LogP contribution >= 0.6 is 0 Å². The lowest BCUT2D eigenvalue weighted by Crippen LogP contribution is -2.16. The van der Waals surface area contributed by atoms with Crippen molar-refractivity contribution in [2.24, 2.45) is 0 Å². The van der Waals surface area contributed by atoms with Crippen molar-refractivity contribution < 1.29 is 14.3 Å². The fraction of sp³-hybridized carbons (Fsp3) is 0.462. The highest BCUT2D eigenvalue weighted by molar-refractivity contribution is 5.68. The Kier molecular flexibility index (Phi) is 2.95. The first-order valence-corrected chi connectivity index (χ1v) is 5.59. The molecule has 0 heterocycles. The Morgan fingerprint density at radius 1 is 1.44 bits per heavy atom. The van der Waals surface area contributed by atoms with Gasteiger partial charge in [-0.15, -0.1) is 0 Å². The zero-order chi connectivity index (χ0) is 11.7. The quantitative estimate of drug-likeness (QED) is 0.833. The lowest BCUT2D eigenvalue weighted by atomic mass is 9.76. The van der Waals surface area contributed by atoms with Crippen LogP contribution in [0.2, 0.25) is 0 Å². The van der Waals surface area contributed by atoms with E-state index in [0.29, 0.717) is 5.92 Å². The summed E-state index contributed by atoms with van der Waals surface area (Å²) in [5.74, 6) is -0.710. The molecule has 0 spiro atoms. The lowest BCUT2D eigenvalue weighted by Gasteiger charge is -2.28. The standard InChI is InChI=1S/C13H15FO2/c1-8-2-3-9(6-13(15)16)12-7-10(14)4-5-11(8)12/h4-5,7-9H,2-3,6H2,1H3,(H,15,16). The predicted molar refractivity (Wildman–Crippen MR) is 59.0 cm³/mol. The number of carboxylic acid groups (broad SMARTS) is 1. The van der Waals surface area contributed by atoms with Gasteiger partial charge in [0.2, 0.25) is 0 Å². The molecule has 1 aromatic rings. The van der Waals surface area contributed by atoms with Crippen LogP contribution in [-0.4, -0.2) is 11.1 Å². The molecule has 1 aliphatic carbocycles. The summed E-state index contributed by atoms with van der Waals surface area (Å²) in [7, 11) is 0. The van der Waals surface area contributed by atoms with Crippen molar-refractivity contribution in [1.29, 1.82) is 0 Å². The van der Waals surface area contributed by atoms with E-state index in [1.54, 1.807) is 6.07 Å². The number of fused-ring (bicyclic) bond motifs is 1. The fourth-order valence-electron chi connectivity index (χ4n) is 2.53. The van der Waals surface area contributed by atoms with Gasteiger partial charge in [-0.2, -0.15) is 0 Å². The number of hydrogen-bond donors (Lipinski definition) is 1. The van der Waals surface area contributed by atoms with Crippen LogP contribution in [0.15, 0.2) is 18.2 Å². The van der Waals surface area contributed by atoms with E-state index in [0.717, 1.165) is 24.0 Å². The molecule has 1 aliphatic rings. The molecule has 2 unspecified atom stereocenters. The molecule has 0 aliphatic heterocycles. The van der Waals surface area contributed by atoms with Gasteiger partial charge in [0.25, 0.3) is 0 Å². The van der Waals surface area contributed by atoms with Gasteiger partial charge in [0.05, 0.1) is 6.42 Å². The highest BCUT2D eigenvalue weighted by atomic mass is 19.1. The first-order valence-electron chi connectivity index (χ1n) is 5.59. The van der Waals surface area contributed by atoms with E-state index in [4.69, 9.17) is 5.11 Å². The largest absolute Gasteiger partial charge is 0.481 e. The summed E-state index contributed by atoms with van der Waals surface area (Å²) in [6.07, 6.45) is 1.92. The molecule has 1 N–H and O–H groups in total. The Morgan fingerprint density at radius 2 is 2.19 bits per heavy atom. The maximum absolute atomic E-state index is 13.2. The van der Waals surface area contributed by atoms with Crippen LogP contribution in [0, 0.1) is 5.82 Å². The van der Waals surface area contributed by atoms with Crippen molar-refractivity contribution in [2.75, 3.05) is 0 Å². The number of carboxylic acids is 1. The van der Waals surface area contributed by atoms with E-state index in [2.05, 4.69) is 6.92 Å². The zero-order valence-corrected chi connectivity index (χ0v) is 9.24. The van der Waals surface area contributed by atoms with Gasteiger partial charge in [-0.25, -0.2) is 4.39 Å². The van der Waals surface area contributed by atoms with Crippen molar-refractivity contribution in [3.8, 4) is 0 Å². The highest BCUT2D eigenvalue weighted by Crippen LogP contribution is 2.40. The maximum atomic E-state index is 13.2. The van der Waals surface area contributed by atoms with Gasteiger partial charge in [0, 0.05) is 0 Å². The maximum Gasteiger partial charge on any atom is 0.303 e. The molecule has 2 rings (SSSR count). The van der Waals surface area contributed by atoms with E-state index in [9.17, 15) is 9.18 Å². The summed E-state index contributed by atoms with van der Waals surface area (Å²) in [6, 6.07) is 4.75. The Labute approximate surface area is 94.1 Å². The van der Waals surface area contributed by atoms with E-state index < -0.39 is 5.97 Å². The average Bonchev–Trinajstić information content (AvgIpc) is 2.22. The zero-order valence-electron chi connectivity index (χ0n) is 9.24. The van der Waals surface area contributed by atoms with Gasteiger partial charge in [-0.3, -0.25) is 4.79 Å². The Morgan fingerprint density at radius 3 is 2.88 bits per heavy atom. The van der Waals surface area contributed by atoms with E-state index >= 15 is 0 Å². The van der Waals surface area contributed by atoms with E-state index in [1.807, 2.05) is 0 Å². The molecule has 16 heavy (non-hydrogen) atoms. The van der Waals surface area contributed by atoms with Crippen molar-refractivity contribution in [1.82, 2.24) is 0 Å². The lowest BCUT2D eigenvalue weighted by molar-refractivity contribution is -0.137. The van der Waals surface area contributed by atoms with Crippen LogP contribution in [0.4, 0.5) is 4.39 Å². The van der Waals surface area contributed by atoms with Crippen molar-refractivity contribution >= 4 is 5.97 Å². The Balaban J connectivity index is 2.37. The van der Waals surface area contributed by atoms with Crippen LogP contribution in [0.5, 0.6) is 0 Å². The second-order valence-corrected chi connectivity index (χ2v) is 4.55. The molecule has 3 heteroatoms. The van der Waals surface area contributed by atoms with Gasteiger partial charge in [-0.1, -0.05) is 13.0 Å². The van der Waals surface area contributed by atoms with Gasteiger partial charge < -0.3 is 5.11 Å². The SMILES string of the molecule is CC1CCC(CC(=O)O)c2cc(F)ccc21. The molecule has 1 aromatic carbocycles. The average molecular weight is 222 g/mol. The van der Waals surface area contributed by atoms with Crippen LogP contribution in [0.1, 0.15) is 49.1 Å². The second kappa shape index (κ2) is 4.24. The molecule has 0 radical (unpaired) electrons. The number of rotatable bonds is 2. The summed E-state index contributed by atoms with van der Waals surface area (Å²) in [4.78, 5) is 10.8. The van der Waals surface area contributed by atoms with Gasteiger partial charge in [0.1, 0.15) is 5.82 Å². The Bertz CT molecular complexity index is 414. The minimum absolute atomic E-state index is 0.0283. The predicted octanol–water partition coefficient (Wildman–Crippen LogP) is 3.28. The molecule has 2 nitrogen and oxygen atoms in total. The number of aliphatic carboxylic acids is 1. The van der Waals surface area contributed by atoms with Crippen molar-refractivity contribution in [3.05, 3.63) is 35.1 Å². The summed E-state index contributed by atoms with van der Waals surface area (Å²) in [6.45, 7) is 2.10. The molecule has 0 amide bonds. The summed E-state index contributed by atoms with van der Waals surface area (Å²) in [5.41, 5.74) is 2.00. The Hall–Kier alpha value is -1.38. The van der Waals surface area contributed by atoms with Gasteiger partial charge in [0.15, 0.2) is 0 Å². The fourth-order valence-corrected chi connectivity index (χ4v) is 2.53. The third-order valence-corrected chi connectivity index (χ3v) is 3.39. The van der Waals surface area contributed by atoms with Gasteiger partial charge in [-0.05, 0) is 47.9 Å². The summed E-state index contributed by atoms with van der Waals surface area (Å²) < 4.78 is 13.2. The number of carbonyl (C=O) groups is 1. The molecule has 0 fully saturated rings. The summed E-state index contributed by atoms with van der Waals surface area (Å²) in [5, 5.41) is 8.83. The monoisotopic (exact) mass is 222 g/mol. The minimum Gasteiger partial charge on any atom is -0.481 e. The van der Waals surface area contributed by atoms with Crippen LogP contribution in [-0.2, 0) is 4.79 Å². The van der Waals surface area contributed by atoms with E-state index in [-0.39, 0.29) is 18.2 Å². The van der Waals surface area contributed by atoms with Crippen LogP contribution in [0.3, 0.4) is 0 Å². The minimum atomic E-state index is -0.810. The molecule has 86 valence electrons. The third kappa shape index (κ3) is 2.08. The van der Waals surface area contributed by atoms with Gasteiger partial charge >= 0.3 is 5.97 Å². The topological polar surface area (TPSA) is 37.3 Å². The summed E-state index contributed by atoms with van der Waals surface area (Å²) >= 11 is 0. The van der Waals surface area contributed by atoms with Crippen LogP contribution in [0.25, 0.3) is 0 Å². The molecule has 2 atom stereocenters. The first kappa shape index (κ1) is 11.1. The third-order valence-electron chi connectivity index (χ3n) is 3.39. The van der Waals surface area contributed by atoms with Crippen LogP contribution < -0.4 is 0 Å². The highest BCUT2D eigenvalue weighted by Gasteiger charge is 2.26. The molecular weight excluding hydrogens is 207 g/mol. The molecule has 0 bridgehead atoms. The first-order chi connectivity index (χ1) is 7.58. The number of hydrogen-bond acceptors (Lipinski definition) is 1.